The van der Waals surface area contributed by atoms with E-state index in [0.29, 0.717) is 6.42 Å². The van der Waals surface area contributed by atoms with Crippen LogP contribution in [-0.4, -0.2) is 43.8 Å². The Bertz CT molecular complexity index is 703. The number of hydrogen-bond acceptors (Lipinski definition) is 5. The first-order valence-electron chi connectivity index (χ1n) is 9.26. The molecule has 1 spiro atoms. The van der Waals surface area contributed by atoms with E-state index < -0.39 is 0 Å². The van der Waals surface area contributed by atoms with Gasteiger partial charge in [-0.05, 0) is 31.6 Å². The largest absolute Gasteiger partial charge is 0.493 e. The Kier molecular flexibility index (Phi) is 3.95. The first-order chi connectivity index (χ1) is 12.0. The van der Waals surface area contributed by atoms with Crippen molar-refractivity contribution >= 4 is 5.97 Å². The number of benzene rings is 1. The summed E-state index contributed by atoms with van der Waals surface area (Å²) in [4.78, 5) is 14.2. The van der Waals surface area contributed by atoms with Gasteiger partial charge in [-0.1, -0.05) is 19.9 Å². The van der Waals surface area contributed by atoms with Crippen molar-refractivity contribution in [1.29, 1.82) is 0 Å². The van der Waals surface area contributed by atoms with Crippen LogP contribution in [-0.2, 0) is 21.5 Å². The van der Waals surface area contributed by atoms with E-state index in [1.807, 2.05) is 13.0 Å². The molecular formula is C20H27NO4. The minimum atomic E-state index is -0.120. The van der Waals surface area contributed by atoms with E-state index in [2.05, 4.69) is 24.9 Å². The highest BCUT2D eigenvalue weighted by atomic mass is 16.6. The Morgan fingerprint density at radius 3 is 2.96 bits per heavy atom. The average Bonchev–Trinajstić information content (AvgIpc) is 2.99. The van der Waals surface area contributed by atoms with Crippen LogP contribution in [0.25, 0.3) is 0 Å². The Morgan fingerprint density at radius 1 is 1.44 bits per heavy atom. The van der Waals surface area contributed by atoms with E-state index in [1.54, 1.807) is 7.11 Å². The summed E-state index contributed by atoms with van der Waals surface area (Å²) in [6, 6.07) is 4.19. The minimum absolute atomic E-state index is 0.0497. The molecule has 0 radical (unpaired) electrons. The highest BCUT2D eigenvalue weighted by Crippen LogP contribution is 2.61. The molecule has 5 nitrogen and oxygen atoms in total. The molecule has 1 aromatic rings. The predicted octanol–water partition coefficient (Wildman–Crippen LogP) is 2.89. The number of methoxy groups -OCH3 is 1. The van der Waals surface area contributed by atoms with Crippen molar-refractivity contribution in [3.63, 3.8) is 0 Å². The second kappa shape index (κ2) is 5.90. The monoisotopic (exact) mass is 345 g/mol. The van der Waals surface area contributed by atoms with Gasteiger partial charge in [0.25, 0.3) is 0 Å². The normalized spacial score (nSPS) is 33.2. The van der Waals surface area contributed by atoms with E-state index >= 15 is 0 Å². The summed E-state index contributed by atoms with van der Waals surface area (Å²) >= 11 is 0. The fourth-order valence-corrected chi connectivity index (χ4v) is 5.12. The number of carbonyl (C=O) groups is 1. The van der Waals surface area contributed by atoms with E-state index in [0.717, 1.165) is 37.4 Å². The maximum atomic E-state index is 11.9. The quantitative estimate of drug-likeness (QED) is 0.789. The molecule has 3 aliphatic rings. The average molecular weight is 345 g/mol. The molecule has 0 bridgehead atoms. The molecule has 4 rings (SSSR count). The molecule has 0 saturated heterocycles. The number of hydrogen-bond donors (Lipinski definition) is 0. The Morgan fingerprint density at radius 2 is 2.24 bits per heavy atom. The molecule has 1 saturated carbocycles. The molecule has 1 aromatic carbocycles. The zero-order valence-corrected chi connectivity index (χ0v) is 15.5. The third-order valence-electron chi connectivity index (χ3n) is 6.46. The van der Waals surface area contributed by atoms with Crippen molar-refractivity contribution in [2.45, 2.75) is 57.3 Å². The molecule has 1 unspecified atom stereocenters. The van der Waals surface area contributed by atoms with Gasteiger partial charge in [0, 0.05) is 36.3 Å². The van der Waals surface area contributed by atoms with Crippen molar-refractivity contribution in [2.24, 2.45) is 5.92 Å². The summed E-state index contributed by atoms with van der Waals surface area (Å²) in [6.07, 6.45) is 2.17. The van der Waals surface area contributed by atoms with Gasteiger partial charge in [-0.3, -0.25) is 4.79 Å². The Labute approximate surface area is 149 Å². The molecular weight excluding hydrogens is 318 g/mol. The molecule has 2 heterocycles. The molecule has 5 heteroatoms. The van der Waals surface area contributed by atoms with Gasteiger partial charge >= 0.3 is 5.97 Å². The first-order valence-corrected chi connectivity index (χ1v) is 9.26. The van der Waals surface area contributed by atoms with Crippen LogP contribution in [0.2, 0.25) is 0 Å². The van der Waals surface area contributed by atoms with Crippen molar-refractivity contribution in [3.8, 4) is 11.5 Å². The van der Waals surface area contributed by atoms with E-state index in [9.17, 15) is 4.79 Å². The summed E-state index contributed by atoms with van der Waals surface area (Å²) in [5.74, 6) is 1.83. The van der Waals surface area contributed by atoms with Crippen molar-refractivity contribution in [2.75, 3.05) is 20.7 Å². The molecule has 2 aliphatic heterocycles. The van der Waals surface area contributed by atoms with E-state index in [-0.39, 0.29) is 29.5 Å². The Balaban J connectivity index is 1.82. The lowest BCUT2D eigenvalue weighted by Crippen LogP contribution is -2.40. The maximum absolute atomic E-state index is 11.9. The van der Waals surface area contributed by atoms with Crippen LogP contribution in [0.1, 0.15) is 44.2 Å². The van der Waals surface area contributed by atoms with Crippen LogP contribution in [0.3, 0.4) is 0 Å². The summed E-state index contributed by atoms with van der Waals surface area (Å²) < 4.78 is 17.8. The van der Waals surface area contributed by atoms with Gasteiger partial charge < -0.3 is 19.1 Å². The Hall–Kier alpha value is -1.75. The van der Waals surface area contributed by atoms with Crippen molar-refractivity contribution in [3.05, 3.63) is 23.3 Å². The summed E-state index contributed by atoms with van der Waals surface area (Å²) in [7, 11) is 3.86. The molecule has 0 N–H and O–H groups in total. The first kappa shape index (κ1) is 16.7. The van der Waals surface area contributed by atoms with Crippen molar-refractivity contribution in [1.82, 2.24) is 4.90 Å². The zero-order chi connectivity index (χ0) is 17.8. The second-order valence-corrected chi connectivity index (χ2v) is 7.67. The molecule has 0 amide bonds. The third-order valence-corrected chi connectivity index (χ3v) is 6.46. The van der Waals surface area contributed by atoms with Gasteiger partial charge in [0.1, 0.15) is 12.2 Å². The molecule has 25 heavy (non-hydrogen) atoms. The lowest BCUT2D eigenvalue weighted by Gasteiger charge is -2.34. The topological polar surface area (TPSA) is 48.0 Å². The summed E-state index contributed by atoms with van der Waals surface area (Å²) in [6.45, 7) is 5.99. The van der Waals surface area contributed by atoms with E-state index in [1.165, 1.54) is 11.1 Å². The van der Waals surface area contributed by atoms with Gasteiger partial charge in [0.05, 0.1) is 7.11 Å². The SMILES string of the molecule is CCC(=O)O[C@@H]1C[C@@H]2Oc3c(OC)ccc4c3[C@]2(CCN(C)C4)C1C. The van der Waals surface area contributed by atoms with Crippen LogP contribution < -0.4 is 9.47 Å². The lowest BCUT2D eigenvalue weighted by molar-refractivity contribution is -0.150. The third kappa shape index (κ3) is 2.28. The zero-order valence-electron chi connectivity index (χ0n) is 15.5. The number of esters is 1. The smallest absolute Gasteiger partial charge is 0.305 e. The minimum Gasteiger partial charge on any atom is -0.493 e. The maximum Gasteiger partial charge on any atom is 0.305 e. The van der Waals surface area contributed by atoms with Crippen LogP contribution >= 0.6 is 0 Å². The highest BCUT2D eigenvalue weighted by Gasteiger charge is 2.62. The summed E-state index contributed by atoms with van der Waals surface area (Å²) in [5.41, 5.74) is 2.51. The molecule has 0 aromatic heterocycles. The van der Waals surface area contributed by atoms with Crippen LogP contribution in [0.15, 0.2) is 12.1 Å². The molecule has 136 valence electrons. The highest BCUT2D eigenvalue weighted by molar-refractivity contribution is 5.69. The van der Waals surface area contributed by atoms with Crippen LogP contribution in [0, 0.1) is 5.92 Å². The predicted molar refractivity (Wildman–Crippen MR) is 94.0 cm³/mol. The standard InChI is InChI=1S/C20H27NO4/c1-5-17(22)24-15-10-16-20(12(15)2)8-9-21(3)11-13-6-7-14(23-4)19(25-16)18(13)20/h6-7,12,15-16H,5,8-11H2,1-4H3/t12?,15-,16+,20-/m1/s1. The van der Waals surface area contributed by atoms with Gasteiger partial charge in [0.2, 0.25) is 0 Å². The molecule has 1 aliphatic carbocycles. The number of rotatable bonds is 3. The number of ether oxygens (including phenoxy) is 3. The fourth-order valence-electron chi connectivity index (χ4n) is 5.12. The van der Waals surface area contributed by atoms with E-state index in [4.69, 9.17) is 14.2 Å². The summed E-state index contributed by atoms with van der Waals surface area (Å²) in [5, 5.41) is 0. The second-order valence-electron chi connectivity index (χ2n) is 7.67. The van der Waals surface area contributed by atoms with Gasteiger partial charge in [-0.2, -0.15) is 0 Å². The number of nitrogens with zero attached hydrogens (tertiary/aromatic N) is 1. The molecule has 4 atom stereocenters. The van der Waals surface area contributed by atoms with Crippen LogP contribution in [0.4, 0.5) is 0 Å². The van der Waals surface area contributed by atoms with Crippen LogP contribution in [0.5, 0.6) is 11.5 Å². The molecule has 1 fully saturated rings. The van der Waals surface area contributed by atoms with Gasteiger partial charge in [-0.25, -0.2) is 0 Å². The lowest BCUT2D eigenvalue weighted by atomic mass is 9.69. The number of carbonyl (C=O) groups excluding carboxylic acids is 1. The van der Waals surface area contributed by atoms with Gasteiger partial charge in [-0.15, -0.1) is 0 Å². The van der Waals surface area contributed by atoms with Crippen molar-refractivity contribution < 1.29 is 19.0 Å². The fraction of sp³-hybridized carbons (Fsp3) is 0.650. The van der Waals surface area contributed by atoms with Gasteiger partial charge in [0.15, 0.2) is 11.5 Å².